The number of nitrogens with one attached hydrogen (secondary N) is 2. The maximum Gasteiger partial charge on any atom is 0.272 e. The molecule has 3 heterocycles. The number of halogens is 1. The van der Waals surface area contributed by atoms with Crippen LogP contribution >= 0.6 is 0 Å². The number of likely N-dealkylation sites (tertiary alicyclic amines) is 1. The maximum atomic E-state index is 14.7. The average molecular weight is 463 g/mol. The molecule has 2 atom stereocenters. The second kappa shape index (κ2) is 8.51. The molecule has 3 aliphatic rings. The first kappa shape index (κ1) is 21.3. The summed E-state index contributed by atoms with van der Waals surface area (Å²) in [4.78, 5) is 27.4. The van der Waals surface area contributed by atoms with Crippen LogP contribution in [0.15, 0.2) is 41.2 Å². The van der Waals surface area contributed by atoms with Crippen LogP contribution < -0.4 is 15.6 Å². The van der Waals surface area contributed by atoms with Gasteiger partial charge in [-0.25, -0.2) is 9.49 Å². The Labute approximate surface area is 196 Å². The molecule has 6 rings (SSSR count). The van der Waals surface area contributed by atoms with Gasteiger partial charge in [-0.15, -0.1) is 0 Å². The molecule has 1 aliphatic carbocycles. The summed E-state index contributed by atoms with van der Waals surface area (Å²) in [6, 6.07) is 10.5. The molecule has 176 valence electrons. The van der Waals surface area contributed by atoms with Gasteiger partial charge in [0.25, 0.3) is 11.5 Å². The van der Waals surface area contributed by atoms with Crippen molar-refractivity contribution >= 4 is 16.7 Å². The third-order valence-electron chi connectivity index (χ3n) is 7.48. The molecule has 2 N–H and O–H groups in total. The van der Waals surface area contributed by atoms with E-state index in [1.54, 1.807) is 18.2 Å². The molecule has 0 spiro atoms. The van der Waals surface area contributed by atoms with Crippen LogP contribution in [0.4, 0.5) is 4.39 Å². The SMILES string of the molecule is O=C(c1cc(Cc2n[nH]c(=O)c3ccc(OC4CCC4)cc23)ccc1F)N1CCC2NCCC21. The number of hydrogen-bond acceptors (Lipinski definition) is 5. The van der Waals surface area contributed by atoms with Crippen molar-refractivity contribution in [3.63, 3.8) is 0 Å². The summed E-state index contributed by atoms with van der Waals surface area (Å²) in [5.41, 5.74) is 1.24. The van der Waals surface area contributed by atoms with E-state index < -0.39 is 5.82 Å². The Balaban J connectivity index is 1.30. The lowest BCUT2D eigenvalue weighted by molar-refractivity contribution is 0.0732. The van der Waals surface area contributed by atoms with Crippen molar-refractivity contribution in [3.05, 3.63) is 69.4 Å². The van der Waals surface area contributed by atoms with Crippen LogP contribution in [0.5, 0.6) is 5.75 Å². The van der Waals surface area contributed by atoms with Crippen LogP contribution in [0.25, 0.3) is 10.8 Å². The van der Waals surface area contributed by atoms with Crippen LogP contribution in [-0.2, 0) is 6.42 Å². The Morgan fingerprint density at radius 2 is 2.00 bits per heavy atom. The van der Waals surface area contributed by atoms with E-state index in [-0.39, 0.29) is 29.2 Å². The number of carbonyl (C=O) groups is 1. The van der Waals surface area contributed by atoms with Gasteiger partial charge in [0.2, 0.25) is 0 Å². The molecule has 7 nitrogen and oxygen atoms in total. The zero-order valence-electron chi connectivity index (χ0n) is 18.9. The van der Waals surface area contributed by atoms with Crippen molar-refractivity contribution in [2.24, 2.45) is 0 Å². The molecule has 8 heteroatoms. The summed E-state index contributed by atoms with van der Waals surface area (Å²) in [5.74, 6) is -0.0563. The van der Waals surface area contributed by atoms with E-state index in [9.17, 15) is 14.0 Å². The second-order valence-corrected chi connectivity index (χ2v) is 9.57. The molecule has 3 fully saturated rings. The second-order valence-electron chi connectivity index (χ2n) is 9.57. The normalized spacial score (nSPS) is 22.1. The minimum absolute atomic E-state index is 0.0905. The van der Waals surface area contributed by atoms with Crippen LogP contribution in [0.2, 0.25) is 0 Å². The summed E-state index contributed by atoms with van der Waals surface area (Å²) in [7, 11) is 0. The predicted octanol–water partition coefficient (Wildman–Crippen LogP) is 3.16. The highest BCUT2D eigenvalue weighted by Crippen LogP contribution is 2.30. The van der Waals surface area contributed by atoms with Crippen molar-refractivity contribution in [2.75, 3.05) is 13.1 Å². The van der Waals surface area contributed by atoms with Crippen LogP contribution in [0.3, 0.4) is 0 Å². The minimum Gasteiger partial charge on any atom is -0.490 e. The lowest BCUT2D eigenvalue weighted by Crippen LogP contribution is -2.39. The average Bonchev–Trinajstić information content (AvgIpc) is 3.43. The Bertz CT molecular complexity index is 1320. The van der Waals surface area contributed by atoms with Gasteiger partial charge >= 0.3 is 0 Å². The summed E-state index contributed by atoms with van der Waals surface area (Å²) >= 11 is 0. The standard InChI is InChI=1S/C26H27FN4O3/c27-21-7-4-15(12-20(21)26(33)31-11-9-22-24(31)8-10-28-22)13-23-19-14-17(34-16-2-1-3-16)5-6-18(19)25(32)30-29-23/h4-7,12,14,16,22,24,28H,1-3,8-11,13H2,(H,30,32). The molecule has 0 radical (unpaired) electrons. The van der Waals surface area contributed by atoms with Gasteiger partial charge in [0.05, 0.1) is 22.7 Å². The quantitative estimate of drug-likeness (QED) is 0.608. The number of aromatic amines is 1. The number of hydrogen-bond donors (Lipinski definition) is 2. The fraction of sp³-hybridized carbons (Fsp3) is 0.423. The van der Waals surface area contributed by atoms with Gasteiger partial charge in [0, 0.05) is 30.4 Å². The number of benzene rings is 2. The third-order valence-corrected chi connectivity index (χ3v) is 7.48. The first-order chi connectivity index (χ1) is 16.6. The third kappa shape index (κ3) is 3.76. The minimum atomic E-state index is -0.515. The van der Waals surface area contributed by atoms with Gasteiger partial charge in [0.1, 0.15) is 11.6 Å². The molecule has 2 unspecified atom stereocenters. The summed E-state index contributed by atoms with van der Waals surface area (Å²) in [5, 5.41) is 11.5. The van der Waals surface area contributed by atoms with Gasteiger partial charge < -0.3 is 15.0 Å². The van der Waals surface area contributed by atoms with Crippen LogP contribution in [0, 0.1) is 5.82 Å². The Morgan fingerprint density at radius 1 is 1.12 bits per heavy atom. The highest BCUT2D eigenvalue weighted by molar-refractivity contribution is 5.95. The molecule has 34 heavy (non-hydrogen) atoms. The smallest absolute Gasteiger partial charge is 0.272 e. The van der Waals surface area contributed by atoms with E-state index in [1.165, 1.54) is 12.5 Å². The summed E-state index contributed by atoms with van der Waals surface area (Å²) < 4.78 is 20.7. The highest BCUT2D eigenvalue weighted by atomic mass is 19.1. The van der Waals surface area contributed by atoms with Crippen molar-refractivity contribution in [2.45, 2.75) is 56.7 Å². The number of amides is 1. The van der Waals surface area contributed by atoms with Crippen LogP contribution in [0.1, 0.15) is 53.7 Å². The van der Waals surface area contributed by atoms with Crippen LogP contribution in [-0.4, -0.2) is 52.3 Å². The largest absolute Gasteiger partial charge is 0.490 e. The molecule has 1 amide bonds. The van der Waals surface area contributed by atoms with Crippen molar-refractivity contribution < 1.29 is 13.9 Å². The number of aromatic nitrogens is 2. The number of H-pyrrole nitrogens is 1. The lowest BCUT2D eigenvalue weighted by Gasteiger charge is -2.26. The lowest BCUT2D eigenvalue weighted by atomic mass is 9.96. The predicted molar refractivity (Wildman–Crippen MR) is 126 cm³/mol. The molecule has 1 aromatic heterocycles. The van der Waals surface area contributed by atoms with E-state index in [4.69, 9.17) is 4.74 Å². The fourth-order valence-electron chi connectivity index (χ4n) is 5.40. The van der Waals surface area contributed by atoms with Gasteiger partial charge in [-0.3, -0.25) is 9.59 Å². The molecule has 1 saturated carbocycles. The topological polar surface area (TPSA) is 87.3 Å². The number of fused-ring (bicyclic) bond motifs is 2. The van der Waals surface area contributed by atoms with Crippen molar-refractivity contribution in [3.8, 4) is 5.75 Å². The molecule has 2 aromatic carbocycles. The molecule has 3 aromatic rings. The Morgan fingerprint density at radius 3 is 2.82 bits per heavy atom. The van der Waals surface area contributed by atoms with E-state index in [0.717, 1.165) is 43.5 Å². The number of nitrogens with zero attached hydrogens (tertiary/aromatic N) is 2. The summed E-state index contributed by atoms with van der Waals surface area (Å²) in [6.45, 7) is 1.53. The Kier molecular flexibility index (Phi) is 5.32. The molecule has 0 bridgehead atoms. The molecule has 2 aliphatic heterocycles. The van der Waals surface area contributed by atoms with E-state index in [0.29, 0.717) is 35.5 Å². The number of carbonyl (C=O) groups excluding carboxylic acids is 1. The maximum absolute atomic E-state index is 14.7. The zero-order chi connectivity index (χ0) is 23.2. The van der Waals surface area contributed by atoms with Crippen molar-refractivity contribution in [1.82, 2.24) is 20.4 Å². The zero-order valence-corrected chi connectivity index (χ0v) is 18.9. The van der Waals surface area contributed by atoms with E-state index >= 15 is 0 Å². The number of rotatable bonds is 5. The fourth-order valence-corrected chi connectivity index (χ4v) is 5.40. The first-order valence-electron chi connectivity index (χ1n) is 12.1. The van der Waals surface area contributed by atoms with Gasteiger partial charge in [-0.1, -0.05) is 6.07 Å². The highest BCUT2D eigenvalue weighted by Gasteiger charge is 2.40. The van der Waals surface area contributed by atoms with E-state index in [1.807, 2.05) is 17.0 Å². The number of ether oxygens (including phenoxy) is 1. The first-order valence-corrected chi connectivity index (χ1v) is 12.1. The van der Waals surface area contributed by atoms with Crippen molar-refractivity contribution in [1.29, 1.82) is 0 Å². The van der Waals surface area contributed by atoms with Gasteiger partial charge in [0.15, 0.2) is 0 Å². The molecule has 2 saturated heterocycles. The van der Waals surface area contributed by atoms with Gasteiger partial charge in [-0.2, -0.15) is 5.10 Å². The molecular formula is C26H27FN4O3. The van der Waals surface area contributed by atoms with E-state index in [2.05, 4.69) is 15.5 Å². The van der Waals surface area contributed by atoms with Gasteiger partial charge in [-0.05, 0) is 74.5 Å². The summed E-state index contributed by atoms with van der Waals surface area (Å²) in [6.07, 6.45) is 5.63. The monoisotopic (exact) mass is 462 g/mol. The molecular weight excluding hydrogens is 435 g/mol. The Hall–Kier alpha value is -3.26.